The number of fused-ring (bicyclic) bond motifs is 1. The highest BCUT2D eigenvalue weighted by molar-refractivity contribution is 6.44. The molecule has 4 rings (SSSR count). The summed E-state index contributed by atoms with van der Waals surface area (Å²) >= 11 is 0. The Labute approximate surface area is 202 Å². The van der Waals surface area contributed by atoms with Crippen LogP contribution in [-0.4, -0.2) is 77.2 Å². The molecule has 0 spiro atoms. The summed E-state index contributed by atoms with van der Waals surface area (Å²) in [7, 11) is 2.81. The molecule has 1 aromatic carbocycles. The summed E-state index contributed by atoms with van der Waals surface area (Å²) < 4.78 is 18.7. The first-order valence-corrected chi connectivity index (χ1v) is 11.4. The van der Waals surface area contributed by atoms with Crippen LogP contribution in [-0.2, 0) is 4.79 Å². The number of likely N-dealkylation sites (N-methyl/N-ethyl adjacent to an activating group) is 1. The highest BCUT2D eigenvalue weighted by Gasteiger charge is 2.33. The summed E-state index contributed by atoms with van der Waals surface area (Å²) in [5, 5.41) is 2.69. The van der Waals surface area contributed by atoms with E-state index in [-0.39, 0.29) is 40.8 Å². The minimum atomic E-state index is -0.755. The Morgan fingerprint density at radius 1 is 1.20 bits per heavy atom. The van der Waals surface area contributed by atoms with Gasteiger partial charge in [0.25, 0.3) is 17.6 Å². The van der Waals surface area contributed by atoms with Gasteiger partial charge < -0.3 is 19.9 Å². The van der Waals surface area contributed by atoms with Gasteiger partial charge in [0.05, 0.1) is 12.7 Å². The van der Waals surface area contributed by atoms with E-state index < -0.39 is 11.7 Å². The zero-order chi connectivity index (χ0) is 25.3. The molecule has 0 radical (unpaired) electrons. The molecule has 0 saturated carbocycles. The fourth-order valence-electron chi connectivity index (χ4n) is 4.51. The molecule has 35 heavy (non-hydrogen) atoms. The lowest BCUT2D eigenvalue weighted by molar-refractivity contribution is -0.116. The van der Waals surface area contributed by atoms with Crippen LogP contribution in [0.1, 0.15) is 46.2 Å². The number of aromatic amines is 1. The molecule has 1 aliphatic rings. The number of ether oxygens (including phenoxy) is 1. The third-order valence-corrected chi connectivity index (χ3v) is 6.55. The van der Waals surface area contributed by atoms with Gasteiger partial charge in [-0.15, -0.1) is 0 Å². The molecule has 3 aromatic rings. The number of benzene rings is 1. The van der Waals surface area contributed by atoms with Crippen LogP contribution in [0.5, 0.6) is 5.88 Å². The predicted octanol–water partition coefficient (Wildman–Crippen LogP) is 2.55. The molecule has 184 valence electrons. The second-order valence-electron chi connectivity index (χ2n) is 8.62. The number of nitrogens with zero attached hydrogens (tertiary/aromatic N) is 3. The van der Waals surface area contributed by atoms with E-state index in [0.717, 1.165) is 5.56 Å². The Balaban J connectivity index is 1.58. The Morgan fingerprint density at radius 2 is 1.91 bits per heavy atom. The predicted molar refractivity (Wildman–Crippen MR) is 128 cm³/mol. The van der Waals surface area contributed by atoms with Gasteiger partial charge in [0.2, 0.25) is 5.88 Å². The number of amides is 2. The van der Waals surface area contributed by atoms with E-state index in [0.29, 0.717) is 30.7 Å². The van der Waals surface area contributed by atoms with Crippen LogP contribution in [0.2, 0.25) is 0 Å². The average Bonchev–Trinajstić information content (AvgIpc) is 3.29. The van der Waals surface area contributed by atoms with Gasteiger partial charge in [-0.3, -0.25) is 19.3 Å². The van der Waals surface area contributed by atoms with E-state index in [1.54, 1.807) is 23.1 Å². The number of hydrogen-bond acceptors (Lipinski definition) is 6. The minimum Gasteiger partial charge on any atom is -0.480 e. The summed E-state index contributed by atoms with van der Waals surface area (Å²) in [4.78, 5) is 49.2. The SMILES string of the molecule is CNC(=O)C(=O)c1c[nH]c2nc(OC)c(C(=O)N3CCN(C(C)c4ccc(F)cc4)C[C@H]3C)cc12. The van der Waals surface area contributed by atoms with Crippen LogP contribution in [0.3, 0.4) is 0 Å². The third-order valence-electron chi connectivity index (χ3n) is 6.55. The zero-order valence-electron chi connectivity index (χ0n) is 20.1. The minimum absolute atomic E-state index is 0.0704. The van der Waals surface area contributed by atoms with E-state index >= 15 is 0 Å². The lowest BCUT2D eigenvalue weighted by atomic mass is 10.0. The van der Waals surface area contributed by atoms with Crippen molar-refractivity contribution in [3.63, 3.8) is 0 Å². The maximum Gasteiger partial charge on any atom is 0.292 e. The van der Waals surface area contributed by atoms with Crippen LogP contribution in [0.15, 0.2) is 36.5 Å². The lowest BCUT2D eigenvalue weighted by Gasteiger charge is -2.42. The van der Waals surface area contributed by atoms with Crippen molar-refractivity contribution in [3.8, 4) is 5.88 Å². The highest BCUT2D eigenvalue weighted by Crippen LogP contribution is 2.29. The standard InChI is InChI=1S/C25H28FN5O4/c1-14-13-30(15(2)16-5-7-17(26)8-6-16)9-10-31(14)25(34)19-11-18-20(21(32)23(33)27-3)12-28-22(18)29-24(19)35-4/h5-8,11-12,14-15H,9-10,13H2,1-4H3,(H,27,33)(H,28,29)/t14-,15?/m1/s1. The van der Waals surface area contributed by atoms with Crippen molar-refractivity contribution in [3.05, 3.63) is 59.0 Å². The number of piperazine rings is 1. The Morgan fingerprint density at radius 3 is 2.54 bits per heavy atom. The maximum absolute atomic E-state index is 13.6. The first-order chi connectivity index (χ1) is 16.7. The summed E-state index contributed by atoms with van der Waals surface area (Å²) in [6, 6.07) is 7.98. The van der Waals surface area contributed by atoms with Crippen molar-refractivity contribution in [1.82, 2.24) is 25.1 Å². The van der Waals surface area contributed by atoms with E-state index in [2.05, 4.69) is 27.1 Å². The van der Waals surface area contributed by atoms with Crippen molar-refractivity contribution < 1.29 is 23.5 Å². The van der Waals surface area contributed by atoms with E-state index in [4.69, 9.17) is 4.74 Å². The molecule has 0 aliphatic carbocycles. The van der Waals surface area contributed by atoms with Crippen LogP contribution < -0.4 is 10.1 Å². The Bertz CT molecular complexity index is 1270. The van der Waals surface area contributed by atoms with E-state index in [1.165, 1.54) is 32.5 Å². The highest BCUT2D eigenvalue weighted by atomic mass is 19.1. The van der Waals surface area contributed by atoms with Crippen LogP contribution >= 0.6 is 0 Å². The van der Waals surface area contributed by atoms with Gasteiger partial charge in [0, 0.05) is 50.3 Å². The number of methoxy groups -OCH3 is 1. The smallest absolute Gasteiger partial charge is 0.292 e. The number of rotatable bonds is 6. The second-order valence-corrected chi connectivity index (χ2v) is 8.62. The molecule has 1 unspecified atom stereocenters. The first-order valence-electron chi connectivity index (χ1n) is 11.4. The summed E-state index contributed by atoms with van der Waals surface area (Å²) in [6.45, 7) is 5.78. The largest absolute Gasteiger partial charge is 0.480 e. The number of pyridine rings is 1. The summed E-state index contributed by atoms with van der Waals surface area (Å²) in [5.41, 5.74) is 1.71. The van der Waals surface area contributed by atoms with Crippen molar-refractivity contribution in [2.45, 2.75) is 25.9 Å². The van der Waals surface area contributed by atoms with Gasteiger partial charge in [0.15, 0.2) is 0 Å². The van der Waals surface area contributed by atoms with Crippen LogP contribution in [0, 0.1) is 5.82 Å². The molecular weight excluding hydrogens is 453 g/mol. The number of H-pyrrole nitrogens is 1. The maximum atomic E-state index is 13.6. The van der Waals surface area contributed by atoms with Crippen molar-refractivity contribution in [2.24, 2.45) is 0 Å². The zero-order valence-corrected chi connectivity index (χ0v) is 20.1. The molecule has 9 nitrogen and oxygen atoms in total. The molecule has 2 atom stereocenters. The number of Topliss-reactive ketones (excluding diaryl/α,β-unsaturated/α-hetero) is 1. The summed E-state index contributed by atoms with van der Waals surface area (Å²) in [5.74, 6) is -1.88. The number of nitrogens with one attached hydrogen (secondary N) is 2. The summed E-state index contributed by atoms with van der Waals surface area (Å²) in [6.07, 6.45) is 1.40. The van der Waals surface area contributed by atoms with Gasteiger partial charge in [-0.25, -0.2) is 4.39 Å². The van der Waals surface area contributed by atoms with Crippen LogP contribution in [0.4, 0.5) is 4.39 Å². The van der Waals surface area contributed by atoms with Crippen molar-refractivity contribution in [2.75, 3.05) is 33.8 Å². The number of halogens is 1. The number of ketones is 1. The van der Waals surface area contributed by atoms with Crippen molar-refractivity contribution in [1.29, 1.82) is 0 Å². The van der Waals surface area contributed by atoms with Crippen molar-refractivity contribution >= 4 is 28.6 Å². The second kappa shape index (κ2) is 9.83. The molecule has 1 fully saturated rings. The topological polar surface area (TPSA) is 108 Å². The molecule has 2 amide bonds. The normalized spacial score (nSPS) is 17.3. The van der Waals surface area contributed by atoms with Gasteiger partial charge >= 0.3 is 0 Å². The van der Waals surface area contributed by atoms with Gasteiger partial charge in [-0.2, -0.15) is 4.98 Å². The average molecular weight is 482 g/mol. The molecule has 1 aliphatic heterocycles. The molecule has 2 N–H and O–H groups in total. The van der Waals surface area contributed by atoms with E-state index in [1.807, 2.05) is 6.92 Å². The fourth-order valence-corrected chi connectivity index (χ4v) is 4.51. The Kier molecular flexibility index (Phi) is 6.83. The third kappa shape index (κ3) is 4.61. The number of hydrogen-bond donors (Lipinski definition) is 2. The number of carbonyl (C=O) groups is 3. The quantitative estimate of drug-likeness (QED) is 0.414. The number of aromatic nitrogens is 2. The first kappa shape index (κ1) is 24.3. The molecule has 3 heterocycles. The molecule has 0 bridgehead atoms. The van der Waals surface area contributed by atoms with Gasteiger partial charge in [-0.05, 0) is 37.6 Å². The molecule has 10 heteroatoms. The van der Waals surface area contributed by atoms with Gasteiger partial charge in [0.1, 0.15) is 17.0 Å². The molecule has 2 aromatic heterocycles. The lowest BCUT2D eigenvalue weighted by Crippen LogP contribution is -2.54. The Hall–Kier alpha value is -3.79. The monoisotopic (exact) mass is 481 g/mol. The number of carbonyl (C=O) groups excluding carboxylic acids is 3. The molecule has 1 saturated heterocycles. The van der Waals surface area contributed by atoms with Crippen LogP contribution in [0.25, 0.3) is 11.0 Å². The fraction of sp³-hybridized carbons (Fsp3) is 0.360. The van der Waals surface area contributed by atoms with Gasteiger partial charge in [-0.1, -0.05) is 12.1 Å². The van der Waals surface area contributed by atoms with E-state index in [9.17, 15) is 18.8 Å². The molecular formula is C25H28FN5O4.